The summed E-state index contributed by atoms with van der Waals surface area (Å²) in [5.74, 6) is -1.50. The predicted octanol–water partition coefficient (Wildman–Crippen LogP) is 2.69. The Bertz CT molecular complexity index is 761. The number of para-hydroxylation sites is 1. The van der Waals surface area contributed by atoms with Gasteiger partial charge >= 0.3 is 0 Å². The highest BCUT2D eigenvalue weighted by Gasteiger charge is 2.15. The lowest BCUT2D eigenvalue weighted by molar-refractivity contribution is 0.586. The normalized spacial score (nSPS) is 11.3. The summed E-state index contributed by atoms with van der Waals surface area (Å²) in [6.45, 7) is 0. The minimum Gasteiger partial charge on any atom is -0.396 e. The van der Waals surface area contributed by atoms with Crippen LogP contribution in [0, 0.1) is 11.6 Å². The molecule has 106 valence electrons. The Morgan fingerprint density at radius 2 is 1.80 bits per heavy atom. The zero-order chi connectivity index (χ0) is 14.9. The minimum atomic E-state index is -3.48. The first-order valence-electron chi connectivity index (χ1n) is 5.59. The van der Waals surface area contributed by atoms with Gasteiger partial charge in [-0.05, 0) is 24.3 Å². The summed E-state index contributed by atoms with van der Waals surface area (Å²) in [7, 11) is -3.48. The third-order valence-corrected chi connectivity index (χ3v) is 3.82. The van der Waals surface area contributed by atoms with Gasteiger partial charge in [-0.2, -0.15) is 0 Å². The molecule has 2 aromatic carbocycles. The van der Waals surface area contributed by atoms with Crippen LogP contribution in [0.2, 0.25) is 0 Å². The molecule has 0 saturated carbocycles. The van der Waals surface area contributed by atoms with Crippen LogP contribution in [-0.2, 0) is 9.84 Å². The third-order valence-electron chi connectivity index (χ3n) is 2.67. The molecule has 0 fully saturated rings. The standard InChI is InChI=1S/C13H12F2N2O2S/c1-20(18,19)12-4-2-3-11(13(12)16)17-10-6-5-8(14)7-9(10)15/h2-7,17H,16H2,1H3. The second-order valence-corrected chi connectivity index (χ2v) is 6.22. The molecule has 2 rings (SSSR count). The van der Waals surface area contributed by atoms with Gasteiger partial charge in [-0.25, -0.2) is 17.2 Å². The molecule has 0 saturated heterocycles. The summed E-state index contributed by atoms with van der Waals surface area (Å²) in [5, 5.41) is 2.65. The van der Waals surface area contributed by atoms with Crippen molar-refractivity contribution in [3.8, 4) is 0 Å². The molecule has 20 heavy (non-hydrogen) atoms. The molecule has 3 N–H and O–H groups in total. The van der Waals surface area contributed by atoms with E-state index in [0.29, 0.717) is 0 Å². The number of nitrogens with two attached hydrogens (primary N) is 1. The van der Waals surface area contributed by atoms with E-state index >= 15 is 0 Å². The molecule has 0 bridgehead atoms. The fourth-order valence-electron chi connectivity index (χ4n) is 1.71. The van der Waals surface area contributed by atoms with Gasteiger partial charge in [0.1, 0.15) is 11.6 Å². The van der Waals surface area contributed by atoms with Crippen molar-refractivity contribution < 1.29 is 17.2 Å². The van der Waals surface area contributed by atoms with Gasteiger partial charge < -0.3 is 11.1 Å². The fraction of sp³-hybridized carbons (Fsp3) is 0.0769. The van der Waals surface area contributed by atoms with Crippen molar-refractivity contribution in [3.05, 3.63) is 48.0 Å². The fourth-order valence-corrected chi connectivity index (χ4v) is 2.55. The van der Waals surface area contributed by atoms with Crippen LogP contribution in [0.25, 0.3) is 0 Å². The Kier molecular flexibility index (Phi) is 3.63. The highest BCUT2D eigenvalue weighted by Crippen LogP contribution is 2.30. The van der Waals surface area contributed by atoms with E-state index in [9.17, 15) is 17.2 Å². The zero-order valence-electron chi connectivity index (χ0n) is 10.5. The van der Waals surface area contributed by atoms with E-state index < -0.39 is 21.5 Å². The molecule has 0 spiro atoms. The van der Waals surface area contributed by atoms with E-state index in [1.807, 2.05) is 0 Å². The summed E-state index contributed by atoms with van der Waals surface area (Å²) in [6.07, 6.45) is 1.03. The Labute approximate surface area is 115 Å². The molecule has 0 heterocycles. The summed E-state index contributed by atoms with van der Waals surface area (Å²) in [6, 6.07) is 7.36. The van der Waals surface area contributed by atoms with Crippen molar-refractivity contribution in [2.45, 2.75) is 4.90 Å². The van der Waals surface area contributed by atoms with Crippen LogP contribution < -0.4 is 11.1 Å². The molecule has 2 aromatic rings. The molecule has 0 amide bonds. The van der Waals surface area contributed by atoms with E-state index in [1.165, 1.54) is 24.3 Å². The van der Waals surface area contributed by atoms with E-state index in [4.69, 9.17) is 5.73 Å². The van der Waals surface area contributed by atoms with E-state index in [-0.39, 0.29) is 22.0 Å². The third kappa shape index (κ3) is 2.88. The van der Waals surface area contributed by atoms with Gasteiger partial charge in [-0.15, -0.1) is 0 Å². The van der Waals surface area contributed by atoms with Crippen molar-refractivity contribution >= 4 is 26.9 Å². The van der Waals surface area contributed by atoms with Crippen LogP contribution in [0.15, 0.2) is 41.3 Å². The molecular formula is C13H12F2N2O2S. The summed E-state index contributed by atoms with van der Waals surface area (Å²) < 4.78 is 49.4. The topological polar surface area (TPSA) is 72.2 Å². The molecule has 0 aromatic heterocycles. The van der Waals surface area contributed by atoms with Crippen molar-refractivity contribution in [3.63, 3.8) is 0 Å². The smallest absolute Gasteiger partial charge is 0.177 e. The SMILES string of the molecule is CS(=O)(=O)c1cccc(Nc2ccc(F)cc2F)c1N. The van der Waals surface area contributed by atoms with Crippen LogP contribution in [-0.4, -0.2) is 14.7 Å². The number of rotatable bonds is 3. The zero-order valence-corrected chi connectivity index (χ0v) is 11.3. The maximum absolute atomic E-state index is 13.5. The van der Waals surface area contributed by atoms with Gasteiger partial charge in [0, 0.05) is 12.3 Å². The van der Waals surface area contributed by atoms with Crippen LogP contribution in [0.1, 0.15) is 0 Å². The Hall–Kier alpha value is -2.15. The molecule has 0 radical (unpaired) electrons. The van der Waals surface area contributed by atoms with E-state index in [1.54, 1.807) is 0 Å². The van der Waals surface area contributed by atoms with Gasteiger partial charge in [0.25, 0.3) is 0 Å². The number of nitrogens with one attached hydrogen (secondary N) is 1. The Morgan fingerprint density at radius 3 is 2.40 bits per heavy atom. The Balaban J connectivity index is 2.45. The van der Waals surface area contributed by atoms with Crippen molar-refractivity contribution in [1.29, 1.82) is 0 Å². The monoisotopic (exact) mass is 298 g/mol. The van der Waals surface area contributed by atoms with Crippen molar-refractivity contribution in [2.75, 3.05) is 17.3 Å². The maximum Gasteiger partial charge on any atom is 0.177 e. The number of hydrogen-bond acceptors (Lipinski definition) is 4. The van der Waals surface area contributed by atoms with Crippen LogP contribution in [0.5, 0.6) is 0 Å². The van der Waals surface area contributed by atoms with Gasteiger partial charge in [-0.3, -0.25) is 0 Å². The van der Waals surface area contributed by atoms with Crippen LogP contribution in [0.3, 0.4) is 0 Å². The number of hydrogen-bond donors (Lipinski definition) is 2. The average molecular weight is 298 g/mol. The lowest BCUT2D eigenvalue weighted by atomic mass is 10.2. The molecule has 0 unspecified atom stereocenters. The predicted molar refractivity (Wildman–Crippen MR) is 73.6 cm³/mol. The molecule has 7 heteroatoms. The second-order valence-electron chi connectivity index (χ2n) is 4.24. The molecule has 0 aliphatic rings. The number of halogens is 2. The first-order valence-corrected chi connectivity index (χ1v) is 7.49. The van der Waals surface area contributed by atoms with E-state index in [0.717, 1.165) is 18.4 Å². The molecule has 0 aliphatic carbocycles. The largest absolute Gasteiger partial charge is 0.396 e. The van der Waals surface area contributed by atoms with Crippen molar-refractivity contribution in [1.82, 2.24) is 0 Å². The van der Waals surface area contributed by atoms with Gasteiger partial charge in [-0.1, -0.05) is 6.07 Å². The maximum atomic E-state index is 13.5. The molecule has 0 aliphatic heterocycles. The van der Waals surface area contributed by atoms with Gasteiger partial charge in [0.2, 0.25) is 0 Å². The summed E-state index contributed by atoms with van der Waals surface area (Å²) in [4.78, 5) is -0.0509. The molecule has 4 nitrogen and oxygen atoms in total. The molecular weight excluding hydrogens is 286 g/mol. The molecule has 0 atom stereocenters. The number of sulfone groups is 1. The first-order chi connectivity index (χ1) is 9.29. The number of anilines is 3. The van der Waals surface area contributed by atoms with Crippen molar-refractivity contribution in [2.24, 2.45) is 0 Å². The van der Waals surface area contributed by atoms with E-state index in [2.05, 4.69) is 5.32 Å². The number of benzene rings is 2. The number of nitrogen functional groups attached to an aromatic ring is 1. The lowest BCUT2D eigenvalue weighted by Crippen LogP contribution is -2.05. The quantitative estimate of drug-likeness (QED) is 0.855. The Morgan fingerprint density at radius 1 is 1.10 bits per heavy atom. The average Bonchev–Trinajstić information content (AvgIpc) is 2.33. The first kappa shape index (κ1) is 14.3. The highest BCUT2D eigenvalue weighted by atomic mass is 32.2. The van der Waals surface area contributed by atoms with Crippen LogP contribution in [0.4, 0.5) is 25.8 Å². The minimum absolute atomic E-state index is 0.00347. The second kappa shape index (κ2) is 5.09. The van der Waals surface area contributed by atoms with Gasteiger partial charge in [0.15, 0.2) is 9.84 Å². The van der Waals surface area contributed by atoms with Crippen LogP contribution >= 0.6 is 0 Å². The van der Waals surface area contributed by atoms with Gasteiger partial charge in [0.05, 0.1) is 22.0 Å². The lowest BCUT2D eigenvalue weighted by Gasteiger charge is -2.12. The highest BCUT2D eigenvalue weighted by molar-refractivity contribution is 7.90. The summed E-state index contributed by atoms with van der Waals surface area (Å²) in [5.41, 5.74) is 5.98. The summed E-state index contributed by atoms with van der Waals surface area (Å²) >= 11 is 0.